The molecule has 0 radical (unpaired) electrons. The maximum atomic E-state index is 13.1. The molecule has 1 fully saturated rings. The molecule has 2 aliphatic heterocycles. The number of rotatable bonds is 4. The van der Waals surface area contributed by atoms with Crippen LogP contribution in [0.3, 0.4) is 0 Å². The van der Waals surface area contributed by atoms with Crippen LogP contribution in [0, 0.1) is 0 Å². The number of primary amides is 1. The summed E-state index contributed by atoms with van der Waals surface area (Å²) in [4.78, 5) is 79.2. The van der Waals surface area contributed by atoms with Crippen molar-refractivity contribution in [1.29, 1.82) is 0 Å². The summed E-state index contributed by atoms with van der Waals surface area (Å²) >= 11 is 0. The molecule has 1 unspecified atom stereocenters. The van der Waals surface area contributed by atoms with E-state index in [0.29, 0.717) is 0 Å². The van der Waals surface area contributed by atoms with Gasteiger partial charge in [-0.1, -0.05) is 0 Å². The van der Waals surface area contributed by atoms with Gasteiger partial charge in [-0.3, -0.25) is 29.0 Å². The number of aliphatic hydroxyl groups excluding tert-OH is 1. The van der Waals surface area contributed by atoms with Gasteiger partial charge in [0, 0.05) is 25.8 Å². The Morgan fingerprint density at radius 1 is 1.03 bits per heavy atom. The molecular formula is C19H32N12O7. The van der Waals surface area contributed by atoms with E-state index in [-0.39, 0.29) is 18.9 Å². The molecular weight excluding hydrogens is 508 g/mol. The monoisotopic (exact) mass is 540 g/mol. The molecule has 0 aromatic carbocycles. The van der Waals surface area contributed by atoms with Gasteiger partial charge in [-0.05, 0) is 6.42 Å². The lowest BCUT2D eigenvalue weighted by Gasteiger charge is -2.31. The van der Waals surface area contributed by atoms with Crippen LogP contribution in [-0.4, -0.2) is 103 Å². The van der Waals surface area contributed by atoms with Crippen molar-refractivity contribution in [3.8, 4) is 0 Å². The van der Waals surface area contributed by atoms with Gasteiger partial charge in [0.05, 0.1) is 12.6 Å². The van der Waals surface area contributed by atoms with Crippen LogP contribution in [0.1, 0.15) is 6.42 Å². The summed E-state index contributed by atoms with van der Waals surface area (Å²) in [7, 11) is 0. The Hall–Kier alpha value is -4.49. The zero-order valence-corrected chi connectivity index (χ0v) is 20.2. The molecule has 19 nitrogen and oxygen atoms in total. The van der Waals surface area contributed by atoms with E-state index < -0.39 is 91.2 Å². The van der Waals surface area contributed by atoms with Gasteiger partial charge in [-0.2, -0.15) is 0 Å². The zero-order chi connectivity index (χ0) is 28.4. The molecule has 0 saturated carbocycles. The first kappa shape index (κ1) is 29.7. The standard InChI is InChI=1S/C19H32N12O7/c20-3-9-14(34)28-10(5-26-19(23)38)15(35)31-12(8-1-2-24-18(22)30-8)17(37)25-4-7(21)13(33)29-11(6-32)16(36)27-9/h5,7-9,11-12,32H,1-4,6,20-21H2,(H,25,37)(H,27,36)(H,28,34)(H,29,33)(H,31,35)(H3,22,24,30)(H3,23,26,38)/b10-5-/t7-,8?,9-,11-,12-/m0/s1. The lowest BCUT2D eigenvalue weighted by molar-refractivity contribution is -0.133. The zero-order valence-electron chi connectivity index (χ0n) is 20.2. The summed E-state index contributed by atoms with van der Waals surface area (Å²) < 4.78 is 0. The number of nitrogens with one attached hydrogen (secondary N) is 7. The molecule has 2 rings (SSSR count). The number of aliphatic imine (C=N–C) groups is 1. The Balaban J connectivity index is 2.46. The molecule has 2 heterocycles. The molecule has 0 aliphatic carbocycles. The van der Waals surface area contributed by atoms with Crippen LogP contribution in [-0.2, 0) is 24.0 Å². The van der Waals surface area contributed by atoms with Crippen LogP contribution in [0.25, 0.3) is 0 Å². The van der Waals surface area contributed by atoms with E-state index in [1.54, 1.807) is 0 Å². The number of amides is 7. The number of carbonyl (C=O) groups excluding carboxylic acids is 6. The summed E-state index contributed by atoms with van der Waals surface area (Å²) in [5.41, 5.74) is 21.6. The van der Waals surface area contributed by atoms with Crippen molar-refractivity contribution in [2.45, 2.75) is 36.6 Å². The Morgan fingerprint density at radius 2 is 1.71 bits per heavy atom. The third-order valence-electron chi connectivity index (χ3n) is 5.41. The normalized spacial score (nSPS) is 29.0. The van der Waals surface area contributed by atoms with E-state index in [4.69, 9.17) is 22.9 Å². The second-order valence-electron chi connectivity index (χ2n) is 8.21. The lowest BCUT2D eigenvalue weighted by Crippen LogP contribution is -2.64. The van der Waals surface area contributed by atoms with Crippen molar-refractivity contribution in [3.05, 3.63) is 11.9 Å². The van der Waals surface area contributed by atoms with Gasteiger partial charge >= 0.3 is 6.03 Å². The van der Waals surface area contributed by atoms with Crippen LogP contribution in [0.2, 0.25) is 0 Å². The first-order valence-electron chi connectivity index (χ1n) is 11.4. The van der Waals surface area contributed by atoms with E-state index in [1.165, 1.54) is 0 Å². The predicted molar refractivity (Wildman–Crippen MR) is 130 cm³/mol. The molecule has 2 aliphatic rings. The number of carbonyl (C=O) groups is 6. The molecule has 19 heteroatoms. The molecule has 0 aromatic rings. The van der Waals surface area contributed by atoms with Crippen molar-refractivity contribution in [3.63, 3.8) is 0 Å². The van der Waals surface area contributed by atoms with E-state index in [2.05, 4.69) is 36.9 Å². The van der Waals surface area contributed by atoms with Gasteiger partial charge in [-0.15, -0.1) is 0 Å². The summed E-state index contributed by atoms with van der Waals surface area (Å²) in [5, 5.41) is 25.9. The molecule has 210 valence electrons. The average molecular weight is 541 g/mol. The first-order chi connectivity index (χ1) is 18.0. The van der Waals surface area contributed by atoms with Gasteiger partial charge in [0.25, 0.3) is 5.91 Å². The minimum atomic E-state index is -1.52. The van der Waals surface area contributed by atoms with Crippen molar-refractivity contribution in [2.24, 2.45) is 27.9 Å². The van der Waals surface area contributed by atoms with Gasteiger partial charge in [0.15, 0.2) is 5.96 Å². The molecule has 16 N–H and O–H groups in total. The van der Waals surface area contributed by atoms with Crippen LogP contribution >= 0.6 is 0 Å². The second-order valence-corrected chi connectivity index (χ2v) is 8.21. The van der Waals surface area contributed by atoms with Crippen molar-refractivity contribution < 1.29 is 33.9 Å². The summed E-state index contributed by atoms with van der Waals surface area (Å²) in [6.07, 6.45) is 1.04. The lowest BCUT2D eigenvalue weighted by atomic mass is 10.0. The SMILES string of the molecule is NC[C@@H]1NC(=O)[C@H](CO)NC(=O)[C@@H](N)CNC(=O)[C@H](C2CCN=C(N)N2)NC(=O)/C(=C/NC(N)=O)NC1=O. The molecule has 7 amide bonds. The van der Waals surface area contributed by atoms with Crippen molar-refractivity contribution >= 4 is 41.5 Å². The number of hydrogen-bond donors (Lipinski definition) is 12. The number of aliphatic hydroxyl groups is 1. The van der Waals surface area contributed by atoms with Gasteiger partial charge in [0.2, 0.25) is 23.6 Å². The number of nitrogens with two attached hydrogens (primary N) is 4. The smallest absolute Gasteiger partial charge is 0.316 e. The number of hydrogen-bond acceptors (Lipinski definition) is 12. The van der Waals surface area contributed by atoms with E-state index >= 15 is 0 Å². The average Bonchev–Trinajstić information content (AvgIpc) is 2.88. The highest BCUT2D eigenvalue weighted by atomic mass is 16.3. The van der Waals surface area contributed by atoms with Gasteiger partial charge < -0.3 is 65.3 Å². The van der Waals surface area contributed by atoms with E-state index in [9.17, 15) is 33.9 Å². The predicted octanol–water partition coefficient (Wildman–Crippen LogP) is -7.85. The highest BCUT2D eigenvalue weighted by molar-refractivity contribution is 6.02. The van der Waals surface area contributed by atoms with Crippen LogP contribution in [0.5, 0.6) is 0 Å². The minimum absolute atomic E-state index is 0.0163. The summed E-state index contributed by atoms with van der Waals surface area (Å²) in [6, 6.07) is -7.50. The van der Waals surface area contributed by atoms with E-state index in [0.717, 1.165) is 6.20 Å². The van der Waals surface area contributed by atoms with Gasteiger partial charge in [-0.25, -0.2) is 4.79 Å². The Bertz CT molecular complexity index is 1020. The maximum Gasteiger partial charge on any atom is 0.316 e. The quantitative estimate of drug-likeness (QED) is 0.148. The molecule has 0 bridgehead atoms. The molecule has 5 atom stereocenters. The second kappa shape index (κ2) is 13.7. The topological polar surface area (TPSA) is 323 Å². The summed E-state index contributed by atoms with van der Waals surface area (Å²) in [6.45, 7) is -1.50. The van der Waals surface area contributed by atoms with Crippen LogP contribution in [0.15, 0.2) is 16.9 Å². The Labute approximate surface area is 215 Å². The molecule has 1 saturated heterocycles. The van der Waals surface area contributed by atoms with Crippen molar-refractivity contribution in [1.82, 2.24) is 37.2 Å². The van der Waals surface area contributed by atoms with Crippen LogP contribution in [0.4, 0.5) is 4.79 Å². The Morgan fingerprint density at radius 3 is 2.32 bits per heavy atom. The summed E-state index contributed by atoms with van der Waals surface area (Å²) in [5.74, 6) is -4.69. The number of nitrogens with zero attached hydrogens (tertiary/aromatic N) is 1. The third kappa shape index (κ3) is 8.28. The Kier molecular flexibility index (Phi) is 10.7. The number of urea groups is 1. The molecule has 0 spiro atoms. The highest BCUT2D eigenvalue weighted by Gasteiger charge is 2.34. The van der Waals surface area contributed by atoms with E-state index in [1.807, 2.05) is 5.32 Å². The largest absolute Gasteiger partial charge is 0.394 e. The maximum absolute atomic E-state index is 13.1. The first-order valence-corrected chi connectivity index (χ1v) is 11.4. The molecule has 38 heavy (non-hydrogen) atoms. The van der Waals surface area contributed by atoms with Crippen molar-refractivity contribution in [2.75, 3.05) is 26.2 Å². The molecule has 0 aromatic heterocycles. The van der Waals surface area contributed by atoms with Crippen LogP contribution < -0.4 is 60.2 Å². The van der Waals surface area contributed by atoms with Gasteiger partial charge in [0.1, 0.15) is 29.9 Å². The fraction of sp³-hybridized carbons (Fsp3) is 0.526. The number of guanidine groups is 1. The third-order valence-corrected chi connectivity index (χ3v) is 5.41. The highest BCUT2D eigenvalue weighted by Crippen LogP contribution is 2.06. The fourth-order valence-electron chi connectivity index (χ4n) is 3.36. The minimum Gasteiger partial charge on any atom is -0.394 e. The fourth-order valence-corrected chi connectivity index (χ4v) is 3.36.